The van der Waals surface area contributed by atoms with E-state index in [1.54, 1.807) is 7.11 Å². The highest BCUT2D eigenvalue weighted by Gasteiger charge is 1.96. The van der Waals surface area contributed by atoms with Gasteiger partial charge in [-0.25, -0.2) is 0 Å². The second-order valence-electron chi connectivity index (χ2n) is 3.62. The van der Waals surface area contributed by atoms with Crippen LogP contribution in [-0.4, -0.2) is 18.8 Å². The highest BCUT2D eigenvalue weighted by atomic mass is 32.1. The van der Waals surface area contributed by atoms with Crippen LogP contribution >= 0.6 is 12.2 Å². The number of hydrazine groups is 1. The number of methoxy groups -OCH3 is 1. The predicted octanol–water partition coefficient (Wildman–Crippen LogP) is 2.06. The van der Waals surface area contributed by atoms with Gasteiger partial charge in [0, 0.05) is 12.6 Å². The summed E-state index contributed by atoms with van der Waals surface area (Å²) in [6.07, 6.45) is 0. The zero-order valence-corrected chi connectivity index (χ0v) is 10.9. The van der Waals surface area contributed by atoms with Gasteiger partial charge in [0.2, 0.25) is 0 Å². The number of hydrogen-bond acceptors (Lipinski definition) is 3. The smallest absolute Gasteiger partial charge is 0.185 e. The molecule has 0 atom stereocenters. The minimum absolute atomic E-state index is 0.524. The van der Waals surface area contributed by atoms with Crippen molar-refractivity contribution in [2.24, 2.45) is 0 Å². The minimum atomic E-state index is 0.524. The molecule has 0 amide bonds. The van der Waals surface area contributed by atoms with Crippen LogP contribution in [0.15, 0.2) is 36.4 Å². The highest BCUT2D eigenvalue weighted by Crippen LogP contribution is 2.15. The lowest BCUT2D eigenvalue weighted by molar-refractivity contribution is 0.415. The molecule has 1 rings (SSSR count). The fourth-order valence-electron chi connectivity index (χ4n) is 1.11. The van der Waals surface area contributed by atoms with Crippen LogP contribution in [0.3, 0.4) is 0 Å². The summed E-state index contributed by atoms with van der Waals surface area (Å²) in [5, 5.41) is 3.53. The Balaban J connectivity index is 2.39. The Kier molecular flexibility index (Phi) is 5.29. The summed E-state index contributed by atoms with van der Waals surface area (Å²) in [5.41, 5.74) is 7.76. The first-order valence-corrected chi connectivity index (χ1v) is 5.61. The topological polar surface area (TPSA) is 45.3 Å². The molecule has 5 heteroatoms. The first-order valence-electron chi connectivity index (χ1n) is 5.20. The van der Waals surface area contributed by atoms with Crippen molar-refractivity contribution < 1.29 is 4.74 Å². The van der Waals surface area contributed by atoms with Gasteiger partial charge in [0.25, 0.3) is 0 Å². The zero-order valence-electron chi connectivity index (χ0n) is 10.0. The molecule has 4 nitrogen and oxygen atoms in total. The van der Waals surface area contributed by atoms with Crippen LogP contribution in [0.4, 0.5) is 5.69 Å². The largest absolute Gasteiger partial charge is 0.497 e. The number of benzene rings is 1. The molecular formula is C12H17N3OS. The summed E-state index contributed by atoms with van der Waals surface area (Å²) in [5.74, 6) is 0.789. The Labute approximate surface area is 107 Å². The van der Waals surface area contributed by atoms with Crippen molar-refractivity contribution in [3.05, 3.63) is 36.4 Å². The fourth-order valence-corrected chi connectivity index (χ4v) is 1.23. The van der Waals surface area contributed by atoms with Crippen molar-refractivity contribution in [3.63, 3.8) is 0 Å². The van der Waals surface area contributed by atoms with Crippen LogP contribution in [0.2, 0.25) is 0 Å². The van der Waals surface area contributed by atoms with Crippen molar-refractivity contribution >= 4 is 23.0 Å². The first kappa shape index (κ1) is 13.3. The van der Waals surface area contributed by atoms with Crippen LogP contribution in [0.1, 0.15) is 6.92 Å². The van der Waals surface area contributed by atoms with Gasteiger partial charge in [-0.05, 0) is 31.3 Å². The third kappa shape index (κ3) is 5.21. The molecule has 17 heavy (non-hydrogen) atoms. The normalized spacial score (nSPS) is 9.29. The molecule has 3 N–H and O–H groups in total. The molecule has 0 bridgehead atoms. The maximum atomic E-state index is 5.11. The molecule has 92 valence electrons. The van der Waals surface area contributed by atoms with E-state index in [1.807, 2.05) is 31.2 Å². The summed E-state index contributed by atoms with van der Waals surface area (Å²) < 4.78 is 5.11. The van der Waals surface area contributed by atoms with E-state index >= 15 is 0 Å². The molecule has 0 aromatic heterocycles. The third-order valence-electron chi connectivity index (χ3n) is 1.94. The molecule has 0 saturated carbocycles. The maximum Gasteiger partial charge on any atom is 0.185 e. The van der Waals surface area contributed by atoms with E-state index in [4.69, 9.17) is 17.0 Å². The lowest BCUT2D eigenvalue weighted by atomic mass is 10.3. The van der Waals surface area contributed by atoms with Crippen molar-refractivity contribution in [1.29, 1.82) is 0 Å². The SMILES string of the molecule is C=C(C)CNC(=S)NNc1cccc(OC)c1. The average molecular weight is 251 g/mol. The number of nitrogens with one attached hydrogen (secondary N) is 3. The minimum Gasteiger partial charge on any atom is -0.497 e. The maximum absolute atomic E-state index is 5.11. The first-order chi connectivity index (χ1) is 8.11. The van der Waals surface area contributed by atoms with Gasteiger partial charge in [0.15, 0.2) is 5.11 Å². The molecule has 1 aromatic rings. The van der Waals surface area contributed by atoms with E-state index in [0.717, 1.165) is 17.0 Å². The molecule has 0 aliphatic heterocycles. The standard InChI is InChI=1S/C12H17N3OS/c1-9(2)8-13-12(17)15-14-10-5-4-6-11(7-10)16-3/h4-7,14H,1,8H2,2-3H3,(H2,13,15,17). The molecule has 0 fully saturated rings. The Morgan fingerprint density at radius 2 is 2.24 bits per heavy atom. The Bertz CT molecular complexity index is 406. The fraction of sp³-hybridized carbons (Fsp3) is 0.250. The summed E-state index contributed by atoms with van der Waals surface area (Å²) in [6.45, 7) is 6.38. The molecule has 0 unspecified atom stereocenters. The van der Waals surface area contributed by atoms with Gasteiger partial charge in [0.05, 0.1) is 12.8 Å². The molecular weight excluding hydrogens is 234 g/mol. The van der Waals surface area contributed by atoms with E-state index in [9.17, 15) is 0 Å². The summed E-state index contributed by atoms with van der Waals surface area (Å²) in [6, 6.07) is 7.56. The van der Waals surface area contributed by atoms with Gasteiger partial charge < -0.3 is 10.1 Å². The van der Waals surface area contributed by atoms with Crippen molar-refractivity contribution in [2.45, 2.75) is 6.92 Å². The van der Waals surface area contributed by atoms with Crippen LogP contribution in [-0.2, 0) is 0 Å². The molecule has 0 spiro atoms. The molecule has 0 heterocycles. The van der Waals surface area contributed by atoms with E-state index in [1.165, 1.54) is 0 Å². The number of anilines is 1. The van der Waals surface area contributed by atoms with Crippen molar-refractivity contribution in [1.82, 2.24) is 10.7 Å². The Morgan fingerprint density at radius 3 is 2.88 bits per heavy atom. The Morgan fingerprint density at radius 1 is 1.47 bits per heavy atom. The lowest BCUT2D eigenvalue weighted by Crippen LogP contribution is -2.39. The third-order valence-corrected chi connectivity index (χ3v) is 2.19. The number of ether oxygens (including phenoxy) is 1. The molecule has 0 saturated heterocycles. The van der Waals surface area contributed by atoms with Gasteiger partial charge >= 0.3 is 0 Å². The molecule has 1 aromatic carbocycles. The lowest BCUT2D eigenvalue weighted by Gasteiger charge is -2.12. The van der Waals surface area contributed by atoms with Crippen LogP contribution in [0, 0.1) is 0 Å². The predicted molar refractivity (Wildman–Crippen MR) is 75.2 cm³/mol. The second-order valence-corrected chi connectivity index (χ2v) is 4.03. The van der Waals surface area contributed by atoms with Crippen LogP contribution < -0.4 is 20.9 Å². The highest BCUT2D eigenvalue weighted by molar-refractivity contribution is 7.80. The summed E-state index contributed by atoms with van der Waals surface area (Å²) >= 11 is 5.08. The van der Waals surface area contributed by atoms with Crippen molar-refractivity contribution in [2.75, 3.05) is 19.1 Å². The monoisotopic (exact) mass is 251 g/mol. The molecule has 0 aliphatic carbocycles. The second kappa shape index (κ2) is 6.75. The van der Waals surface area contributed by atoms with Gasteiger partial charge in [-0.15, -0.1) is 0 Å². The van der Waals surface area contributed by atoms with Gasteiger partial charge in [-0.2, -0.15) is 0 Å². The average Bonchev–Trinajstić information content (AvgIpc) is 2.34. The summed E-state index contributed by atoms with van der Waals surface area (Å²) in [4.78, 5) is 0. The molecule has 0 radical (unpaired) electrons. The quantitative estimate of drug-likeness (QED) is 0.425. The van der Waals surface area contributed by atoms with Crippen LogP contribution in [0.5, 0.6) is 5.75 Å². The molecule has 0 aliphatic rings. The van der Waals surface area contributed by atoms with E-state index in [-0.39, 0.29) is 0 Å². The summed E-state index contributed by atoms with van der Waals surface area (Å²) in [7, 11) is 1.63. The van der Waals surface area contributed by atoms with Gasteiger partial charge in [0.1, 0.15) is 5.75 Å². The van der Waals surface area contributed by atoms with Gasteiger partial charge in [-0.3, -0.25) is 10.9 Å². The van der Waals surface area contributed by atoms with Crippen LogP contribution in [0.25, 0.3) is 0 Å². The Hall–Kier alpha value is -1.75. The van der Waals surface area contributed by atoms with E-state index in [2.05, 4.69) is 22.7 Å². The number of thiocarbonyl (C=S) groups is 1. The van der Waals surface area contributed by atoms with Crippen molar-refractivity contribution in [3.8, 4) is 5.75 Å². The van der Waals surface area contributed by atoms with Gasteiger partial charge in [-0.1, -0.05) is 18.2 Å². The number of rotatable bonds is 5. The zero-order chi connectivity index (χ0) is 12.7. The van der Waals surface area contributed by atoms with E-state index < -0.39 is 0 Å². The van der Waals surface area contributed by atoms with E-state index in [0.29, 0.717) is 11.7 Å². The number of hydrogen-bond donors (Lipinski definition) is 3.